The van der Waals surface area contributed by atoms with E-state index in [1.165, 1.54) is 0 Å². The SMILES string of the molecule is COc1cccc(Nc2nnc(SCCSC)s2)c1. The number of aromatic nitrogens is 2. The molecule has 0 spiro atoms. The summed E-state index contributed by atoms with van der Waals surface area (Å²) in [6.07, 6.45) is 2.11. The van der Waals surface area contributed by atoms with Gasteiger partial charge in [0.25, 0.3) is 0 Å². The maximum atomic E-state index is 5.18. The minimum Gasteiger partial charge on any atom is -0.497 e. The maximum absolute atomic E-state index is 5.18. The van der Waals surface area contributed by atoms with E-state index in [-0.39, 0.29) is 0 Å². The number of rotatable bonds is 7. The molecule has 0 saturated heterocycles. The van der Waals surface area contributed by atoms with Gasteiger partial charge in [0.15, 0.2) is 4.34 Å². The standard InChI is InChI=1S/C12H15N3OS3/c1-16-10-5-3-4-9(8-10)13-11-14-15-12(19-11)18-7-6-17-2/h3-5,8H,6-7H2,1-2H3,(H,13,14). The zero-order valence-corrected chi connectivity index (χ0v) is 13.2. The van der Waals surface area contributed by atoms with Crippen LogP contribution in [0.5, 0.6) is 5.75 Å². The Labute approximate surface area is 125 Å². The van der Waals surface area contributed by atoms with E-state index in [1.54, 1.807) is 30.2 Å². The second kappa shape index (κ2) is 7.62. The molecule has 0 amide bonds. The highest BCUT2D eigenvalue weighted by atomic mass is 32.2. The summed E-state index contributed by atoms with van der Waals surface area (Å²) in [7, 11) is 1.66. The molecule has 0 unspecified atom stereocenters. The number of hydrogen-bond donors (Lipinski definition) is 1. The van der Waals surface area contributed by atoms with Gasteiger partial charge < -0.3 is 10.1 Å². The monoisotopic (exact) mass is 313 g/mol. The van der Waals surface area contributed by atoms with E-state index >= 15 is 0 Å². The van der Waals surface area contributed by atoms with Crippen molar-refractivity contribution in [2.24, 2.45) is 0 Å². The third kappa shape index (κ3) is 4.59. The minimum atomic E-state index is 0.805. The van der Waals surface area contributed by atoms with Crippen molar-refractivity contribution < 1.29 is 4.74 Å². The smallest absolute Gasteiger partial charge is 0.210 e. The molecule has 0 fully saturated rings. The van der Waals surface area contributed by atoms with Crippen LogP contribution in [-0.2, 0) is 0 Å². The Morgan fingerprint density at radius 2 is 2.21 bits per heavy atom. The van der Waals surface area contributed by atoms with Crippen LogP contribution in [0.3, 0.4) is 0 Å². The lowest BCUT2D eigenvalue weighted by atomic mass is 10.3. The molecule has 0 saturated carbocycles. The van der Waals surface area contributed by atoms with Crippen LogP contribution in [0.1, 0.15) is 0 Å². The Hall–Kier alpha value is -0.920. The van der Waals surface area contributed by atoms with Crippen LogP contribution in [-0.4, -0.2) is 35.1 Å². The number of thioether (sulfide) groups is 2. The fraction of sp³-hybridized carbons (Fsp3) is 0.333. The molecule has 2 aromatic rings. The Balaban J connectivity index is 1.95. The molecule has 102 valence electrons. The van der Waals surface area contributed by atoms with Crippen LogP contribution >= 0.6 is 34.9 Å². The van der Waals surface area contributed by atoms with Crippen LogP contribution < -0.4 is 10.1 Å². The average molecular weight is 313 g/mol. The number of nitrogens with one attached hydrogen (secondary N) is 1. The van der Waals surface area contributed by atoms with Gasteiger partial charge in [-0.25, -0.2) is 0 Å². The quantitative estimate of drug-likeness (QED) is 0.620. The predicted molar refractivity (Wildman–Crippen MR) is 85.3 cm³/mol. The summed E-state index contributed by atoms with van der Waals surface area (Å²) < 4.78 is 6.18. The van der Waals surface area contributed by atoms with Crippen molar-refractivity contribution >= 4 is 45.7 Å². The van der Waals surface area contributed by atoms with Crippen LogP contribution in [0.25, 0.3) is 0 Å². The first-order valence-electron chi connectivity index (χ1n) is 5.68. The Morgan fingerprint density at radius 3 is 3.00 bits per heavy atom. The largest absolute Gasteiger partial charge is 0.497 e. The molecule has 0 aliphatic carbocycles. The molecule has 0 radical (unpaired) electrons. The van der Waals surface area contributed by atoms with Crippen LogP contribution in [0.2, 0.25) is 0 Å². The first kappa shape index (κ1) is 14.5. The fourth-order valence-electron chi connectivity index (χ4n) is 1.36. The molecular weight excluding hydrogens is 298 g/mol. The van der Waals surface area contributed by atoms with E-state index in [0.29, 0.717) is 0 Å². The van der Waals surface area contributed by atoms with Gasteiger partial charge in [-0.15, -0.1) is 10.2 Å². The van der Waals surface area contributed by atoms with E-state index in [4.69, 9.17) is 4.74 Å². The minimum absolute atomic E-state index is 0.805. The van der Waals surface area contributed by atoms with Crippen molar-refractivity contribution in [2.75, 3.05) is 30.2 Å². The molecule has 7 heteroatoms. The van der Waals surface area contributed by atoms with Crippen molar-refractivity contribution in [3.05, 3.63) is 24.3 Å². The number of nitrogens with zero attached hydrogens (tertiary/aromatic N) is 2. The summed E-state index contributed by atoms with van der Waals surface area (Å²) in [6.45, 7) is 0. The van der Waals surface area contributed by atoms with Crippen molar-refractivity contribution in [1.29, 1.82) is 0 Å². The third-order valence-electron chi connectivity index (χ3n) is 2.24. The molecule has 1 aromatic heterocycles. The van der Waals surface area contributed by atoms with Crippen molar-refractivity contribution in [3.63, 3.8) is 0 Å². The van der Waals surface area contributed by atoms with Crippen LogP contribution in [0, 0.1) is 0 Å². The van der Waals surface area contributed by atoms with E-state index in [1.807, 2.05) is 36.0 Å². The topological polar surface area (TPSA) is 47.0 Å². The van der Waals surface area contributed by atoms with E-state index in [2.05, 4.69) is 21.8 Å². The molecule has 4 nitrogen and oxygen atoms in total. The van der Waals surface area contributed by atoms with Crippen LogP contribution in [0.15, 0.2) is 28.6 Å². The van der Waals surface area contributed by atoms with Gasteiger partial charge in [-0.05, 0) is 18.4 Å². The molecule has 1 heterocycles. The van der Waals surface area contributed by atoms with Gasteiger partial charge in [0.05, 0.1) is 7.11 Å². The Kier molecular flexibility index (Phi) is 5.81. The van der Waals surface area contributed by atoms with Crippen molar-refractivity contribution in [3.8, 4) is 5.75 Å². The molecule has 0 aliphatic heterocycles. The number of ether oxygens (including phenoxy) is 1. The second-order valence-corrected chi connectivity index (χ2v) is 6.88. The van der Waals surface area contributed by atoms with Gasteiger partial charge in [-0.1, -0.05) is 29.2 Å². The molecule has 1 aromatic carbocycles. The number of hydrogen-bond acceptors (Lipinski definition) is 7. The average Bonchev–Trinajstić information content (AvgIpc) is 2.87. The fourth-order valence-corrected chi connectivity index (χ4v) is 3.85. The molecule has 0 aliphatic rings. The molecule has 1 N–H and O–H groups in total. The van der Waals surface area contributed by atoms with Gasteiger partial charge in [0, 0.05) is 23.3 Å². The normalized spacial score (nSPS) is 10.4. The van der Waals surface area contributed by atoms with Gasteiger partial charge in [-0.3, -0.25) is 0 Å². The first-order valence-corrected chi connectivity index (χ1v) is 8.87. The lowest BCUT2D eigenvalue weighted by molar-refractivity contribution is 0.415. The Bertz CT molecular complexity index is 518. The predicted octanol–water partition coefficient (Wildman–Crippen LogP) is 3.75. The highest BCUT2D eigenvalue weighted by Gasteiger charge is 2.05. The highest BCUT2D eigenvalue weighted by molar-refractivity contribution is 8.03. The summed E-state index contributed by atoms with van der Waals surface area (Å²) in [5.74, 6) is 3.02. The maximum Gasteiger partial charge on any atom is 0.210 e. The summed E-state index contributed by atoms with van der Waals surface area (Å²) in [5.41, 5.74) is 0.955. The molecule has 0 bridgehead atoms. The molecule has 19 heavy (non-hydrogen) atoms. The number of anilines is 2. The van der Waals surface area contributed by atoms with Crippen molar-refractivity contribution in [2.45, 2.75) is 4.34 Å². The van der Waals surface area contributed by atoms with E-state index < -0.39 is 0 Å². The highest BCUT2D eigenvalue weighted by Crippen LogP contribution is 2.28. The van der Waals surface area contributed by atoms with Gasteiger partial charge in [0.1, 0.15) is 5.75 Å². The summed E-state index contributed by atoms with van der Waals surface area (Å²) in [6, 6.07) is 7.76. The van der Waals surface area contributed by atoms with E-state index in [0.717, 1.165) is 32.4 Å². The van der Waals surface area contributed by atoms with Crippen molar-refractivity contribution in [1.82, 2.24) is 10.2 Å². The Morgan fingerprint density at radius 1 is 1.32 bits per heavy atom. The lowest BCUT2D eigenvalue weighted by Gasteiger charge is -2.04. The molecule has 2 rings (SSSR count). The first-order chi connectivity index (χ1) is 9.31. The third-order valence-corrected chi connectivity index (χ3v) is 5.08. The zero-order chi connectivity index (χ0) is 13.5. The van der Waals surface area contributed by atoms with Gasteiger partial charge in [-0.2, -0.15) is 11.8 Å². The zero-order valence-electron chi connectivity index (χ0n) is 10.8. The lowest BCUT2D eigenvalue weighted by Crippen LogP contribution is -1.90. The summed E-state index contributed by atoms with van der Waals surface area (Å²) >= 11 is 5.16. The number of benzene rings is 1. The van der Waals surface area contributed by atoms with Gasteiger partial charge >= 0.3 is 0 Å². The second-order valence-electron chi connectivity index (χ2n) is 3.57. The van der Waals surface area contributed by atoms with Crippen LogP contribution in [0.4, 0.5) is 10.8 Å². The summed E-state index contributed by atoms with van der Waals surface area (Å²) in [4.78, 5) is 0. The summed E-state index contributed by atoms with van der Waals surface area (Å²) in [5, 5.41) is 12.3. The van der Waals surface area contributed by atoms with E-state index in [9.17, 15) is 0 Å². The molecular formula is C12H15N3OS3. The number of methoxy groups -OCH3 is 1. The molecule has 0 atom stereocenters. The van der Waals surface area contributed by atoms with Gasteiger partial charge in [0.2, 0.25) is 5.13 Å².